The number of piperidine rings is 2. The van der Waals surface area contributed by atoms with Gasteiger partial charge in [-0.05, 0) is 80.3 Å². The van der Waals surface area contributed by atoms with Gasteiger partial charge in [-0.25, -0.2) is 0 Å². The van der Waals surface area contributed by atoms with E-state index in [0.717, 1.165) is 67.6 Å². The summed E-state index contributed by atoms with van der Waals surface area (Å²) < 4.78 is 17.4. The van der Waals surface area contributed by atoms with Crippen molar-refractivity contribution in [3.05, 3.63) is 47.5 Å². The number of hydrogen-bond donors (Lipinski definition) is 1. The van der Waals surface area contributed by atoms with Gasteiger partial charge in [-0.1, -0.05) is 18.6 Å². The lowest BCUT2D eigenvalue weighted by Gasteiger charge is -2.52. The fourth-order valence-corrected chi connectivity index (χ4v) is 6.63. The van der Waals surface area contributed by atoms with Gasteiger partial charge in [0.2, 0.25) is 0 Å². The van der Waals surface area contributed by atoms with Gasteiger partial charge in [0.05, 0.1) is 20.3 Å². The van der Waals surface area contributed by atoms with Crippen molar-refractivity contribution in [3.63, 3.8) is 0 Å². The molecule has 188 valence electrons. The van der Waals surface area contributed by atoms with E-state index in [9.17, 15) is 9.90 Å². The van der Waals surface area contributed by atoms with E-state index in [1.165, 1.54) is 18.1 Å². The maximum absolute atomic E-state index is 12.0. The van der Waals surface area contributed by atoms with E-state index in [1.807, 2.05) is 12.1 Å². The fraction of sp³-hybridized carbons (Fsp3) is 0.552. The van der Waals surface area contributed by atoms with Crippen molar-refractivity contribution in [2.45, 2.75) is 88.6 Å². The van der Waals surface area contributed by atoms with Gasteiger partial charge in [-0.3, -0.25) is 9.69 Å². The van der Waals surface area contributed by atoms with Crippen molar-refractivity contribution in [3.8, 4) is 22.6 Å². The highest BCUT2D eigenvalue weighted by Crippen LogP contribution is 2.46. The molecule has 5 rings (SSSR count). The van der Waals surface area contributed by atoms with E-state index in [2.05, 4.69) is 29.2 Å². The van der Waals surface area contributed by atoms with Crippen LogP contribution >= 0.6 is 0 Å². The Labute approximate surface area is 208 Å². The van der Waals surface area contributed by atoms with Gasteiger partial charge in [0.1, 0.15) is 17.6 Å². The van der Waals surface area contributed by atoms with E-state index in [1.54, 1.807) is 14.2 Å². The number of rotatable bonds is 3. The topological polar surface area (TPSA) is 68.2 Å². The third-order valence-corrected chi connectivity index (χ3v) is 8.10. The van der Waals surface area contributed by atoms with Gasteiger partial charge in [0.25, 0.3) is 0 Å². The summed E-state index contributed by atoms with van der Waals surface area (Å²) in [5.41, 5.74) is 4.37. The van der Waals surface area contributed by atoms with Gasteiger partial charge in [-0.2, -0.15) is 0 Å². The number of aliphatic hydroxyl groups excluding tert-OH is 1. The van der Waals surface area contributed by atoms with Crippen molar-refractivity contribution in [1.29, 1.82) is 0 Å². The zero-order valence-electron chi connectivity index (χ0n) is 21.0. The average molecular weight is 480 g/mol. The Morgan fingerprint density at radius 3 is 2.31 bits per heavy atom. The van der Waals surface area contributed by atoms with Crippen LogP contribution < -0.4 is 9.47 Å². The SMILES string of the molecule is COc1ccc2cc1-c1cc(ccc1OC)[C@H]1C[C@@H](O)C[C@@H]3CCC[C@@H](C[C@H](OC(C)=O)CC2)N31. The van der Waals surface area contributed by atoms with Crippen molar-refractivity contribution in [2.24, 2.45) is 0 Å². The lowest BCUT2D eigenvalue weighted by molar-refractivity contribution is -0.148. The molecule has 0 radical (unpaired) electrons. The third kappa shape index (κ3) is 4.91. The van der Waals surface area contributed by atoms with Gasteiger partial charge in [0, 0.05) is 36.2 Å². The van der Waals surface area contributed by atoms with Gasteiger partial charge in [-0.15, -0.1) is 0 Å². The minimum atomic E-state index is -0.316. The number of ether oxygens (including phenoxy) is 3. The summed E-state index contributed by atoms with van der Waals surface area (Å²) >= 11 is 0. The number of methoxy groups -OCH3 is 2. The van der Waals surface area contributed by atoms with Crippen LogP contribution in [-0.2, 0) is 16.0 Å². The lowest BCUT2D eigenvalue weighted by atomic mass is 9.80. The molecule has 6 nitrogen and oxygen atoms in total. The number of benzene rings is 2. The number of carbonyl (C=O) groups excluding carboxylic acids is 1. The molecule has 2 aromatic rings. The van der Waals surface area contributed by atoms with E-state index >= 15 is 0 Å². The van der Waals surface area contributed by atoms with Crippen LogP contribution in [0.2, 0.25) is 0 Å². The number of carbonyl (C=O) groups is 1. The van der Waals surface area contributed by atoms with Gasteiger partial charge < -0.3 is 19.3 Å². The number of aliphatic hydroxyl groups is 1. The number of hydrogen-bond acceptors (Lipinski definition) is 6. The summed E-state index contributed by atoms with van der Waals surface area (Å²) in [7, 11) is 3.40. The van der Waals surface area contributed by atoms with Crippen molar-refractivity contribution in [1.82, 2.24) is 4.90 Å². The van der Waals surface area contributed by atoms with E-state index in [0.29, 0.717) is 18.5 Å². The van der Waals surface area contributed by atoms with E-state index < -0.39 is 0 Å². The Kier molecular flexibility index (Phi) is 7.03. The number of aryl methyl sites for hydroxylation is 1. The maximum Gasteiger partial charge on any atom is 0.302 e. The molecular weight excluding hydrogens is 442 g/mol. The predicted octanol–water partition coefficient (Wildman–Crippen LogP) is 5.06. The van der Waals surface area contributed by atoms with Crippen LogP contribution in [0.15, 0.2) is 36.4 Å². The molecular formula is C29H37NO5. The first kappa shape index (κ1) is 24.1. The zero-order valence-corrected chi connectivity index (χ0v) is 21.0. The molecule has 1 N–H and O–H groups in total. The smallest absolute Gasteiger partial charge is 0.302 e. The number of esters is 1. The minimum absolute atomic E-state index is 0.103. The summed E-state index contributed by atoms with van der Waals surface area (Å²) in [5.74, 6) is 1.39. The summed E-state index contributed by atoms with van der Waals surface area (Å²) in [6.07, 6.45) is 6.81. The first-order valence-electron chi connectivity index (χ1n) is 12.9. The average Bonchev–Trinajstić information content (AvgIpc) is 2.85. The standard InChI is InChI=1S/C29H37NO5/c1-18(31)35-24-10-7-19-8-11-28(33-2)25(13-19)26-14-20(9-12-29(26)34-3)27-17-23(32)15-21-5-4-6-22(16-24)30(21)27/h8-9,11-14,21-24,27,32H,4-7,10,15-17H2,1-3H3/t21-,22-,23-,24+,27+/m0/s1. The molecule has 2 fully saturated rings. The molecule has 3 heterocycles. The second-order valence-corrected chi connectivity index (χ2v) is 10.3. The molecule has 0 aliphatic carbocycles. The summed E-state index contributed by atoms with van der Waals surface area (Å²) in [5, 5.41) is 10.9. The normalized spacial score (nSPS) is 28.5. The Morgan fingerprint density at radius 1 is 0.914 bits per heavy atom. The van der Waals surface area contributed by atoms with E-state index in [4.69, 9.17) is 14.2 Å². The Bertz CT molecular complexity index is 1070. The van der Waals surface area contributed by atoms with Crippen molar-refractivity contribution in [2.75, 3.05) is 14.2 Å². The Hall–Kier alpha value is -2.57. The van der Waals surface area contributed by atoms with E-state index in [-0.39, 0.29) is 24.2 Å². The molecule has 0 spiro atoms. The van der Waals surface area contributed by atoms with Crippen LogP contribution in [-0.4, -0.2) is 54.5 Å². The zero-order chi connectivity index (χ0) is 24.5. The highest BCUT2D eigenvalue weighted by atomic mass is 16.5. The summed E-state index contributed by atoms with van der Waals surface area (Å²) in [4.78, 5) is 14.6. The second kappa shape index (κ2) is 10.2. The van der Waals surface area contributed by atoms with Crippen molar-refractivity contribution < 1.29 is 24.1 Å². The molecule has 35 heavy (non-hydrogen) atoms. The predicted molar refractivity (Wildman–Crippen MR) is 135 cm³/mol. The van der Waals surface area contributed by atoms with Crippen LogP contribution in [0, 0.1) is 0 Å². The highest BCUT2D eigenvalue weighted by Gasteiger charge is 2.42. The minimum Gasteiger partial charge on any atom is -0.496 e. The molecule has 3 aliphatic heterocycles. The molecule has 0 saturated carbocycles. The largest absolute Gasteiger partial charge is 0.496 e. The molecule has 2 aromatic carbocycles. The molecule has 5 atom stereocenters. The van der Waals surface area contributed by atoms with Gasteiger partial charge >= 0.3 is 5.97 Å². The Morgan fingerprint density at radius 2 is 1.60 bits per heavy atom. The molecule has 4 bridgehead atoms. The molecule has 3 aliphatic rings. The molecule has 6 heteroatoms. The summed E-state index contributed by atoms with van der Waals surface area (Å²) in [6, 6.07) is 13.5. The van der Waals surface area contributed by atoms with Crippen molar-refractivity contribution >= 4 is 5.97 Å². The van der Waals surface area contributed by atoms with Crippen LogP contribution in [0.5, 0.6) is 11.5 Å². The molecule has 0 amide bonds. The quantitative estimate of drug-likeness (QED) is 0.621. The van der Waals surface area contributed by atoms with Crippen LogP contribution in [0.1, 0.15) is 69.0 Å². The highest BCUT2D eigenvalue weighted by molar-refractivity contribution is 5.77. The van der Waals surface area contributed by atoms with Crippen LogP contribution in [0.4, 0.5) is 0 Å². The maximum atomic E-state index is 12.0. The first-order chi connectivity index (χ1) is 17.0. The van der Waals surface area contributed by atoms with Crippen LogP contribution in [0.3, 0.4) is 0 Å². The van der Waals surface area contributed by atoms with Crippen LogP contribution in [0.25, 0.3) is 11.1 Å². The monoisotopic (exact) mass is 479 g/mol. The Balaban J connectivity index is 1.67. The third-order valence-electron chi connectivity index (χ3n) is 8.10. The summed E-state index contributed by atoms with van der Waals surface area (Å²) in [6.45, 7) is 1.51. The second-order valence-electron chi connectivity index (χ2n) is 10.3. The molecule has 0 unspecified atom stereocenters. The molecule has 2 saturated heterocycles. The fourth-order valence-electron chi connectivity index (χ4n) is 6.63. The molecule has 0 aromatic heterocycles. The first-order valence-corrected chi connectivity index (χ1v) is 12.9. The number of nitrogens with zero attached hydrogens (tertiary/aromatic N) is 1. The number of fused-ring (bicyclic) bond motifs is 6. The lowest BCUT2D eigenvalue weighted by Crippen LogP contribution is -2.54. The van der Waals surface area contributed by atoms with Gasteiger partial charge in [0.15, 0.2) is 0 Å².